The Morgan fingerprint density at radius 3 is 2.54 bits per heavy atom. The predicted molar refractivity (Wildman–Crippen MR) is 114 cm³/mol. The molecule has 1 N–H and O–H groups in total. The number of carbonyl (C=O) groups is 1. The van der Waals surface area contributed by atoms with Crippen molar-refractivity contribution in [2.75, 3.05) is 68.0 Å². The summed E-state index contributed by atoms with van der Waals surface area (Å²) < 4.78 is 23.3. The molecule has 2 aliphatic heterocycles. The Bertz CT molecular complexity index is 804. The van der Waals surface area contributed by atoms with Crippen LogP contribution in [0.3, 0.4) is 0 Å². The SMILES string of the molecule is CCN1CCN(c2ccc(NC(=O)CN(C)C3CCS(=O)(=O)C3)c(C)c2)CC1. The molecule has 156 valence electrons. The van der Waals surface area contributed by atoms with Crippen LogP contribution in [0.15, 0.2) is 18.2 Å². The van der Waals surface area contributed by atoms with Crippen molar-refractivity contribution in [3.8, 4) is 0 Å². The van der Waals surface area contributed by atoms with Gasteiger partial charge in [-0.1, -0.05) is 6.92 Å². The number of anilines is 2. The van der Waals surface area contributed by atoms with Crippen molar-refractivity contribution in [3.63, 3.8) is 0 Å². The third kappa shape index (κ3) is 5.24. The summed E-state index contributed by atoms with van der Waals surface area (Å²) in [7, 11) is -1.13. The highest BCUT2D eigenvalue weighted by Gasteiger charge is 2.31. The lowest BCUT2D eigenvalue weighted by molar-refractivity contribution is -0.117. The number of piperazine rings is 1. The van der Waals surface area contributed by atoms with Gasteiger partial charge < -0.3 is 15.1 Å². The summed E-state index contributed by atoms with van der Waals surface area (Å²) >= 11 is 0. The van der Waals surface area contributed by atoms with Gasteiger partial charge in [0, 0.05) is 43.6 Å². The molecule has 2 fully saturated rings. The third-order valence-corrected chi connectivity index (χ3v) is 7.64. The molecule has 0 bridgehead atoms. The maximum Gasteiger partial charge on any atom is 0.238 e. The molecule has 1 unspecified atom stereocenters. The van der Waals surface area contributed by atoms with E-state index in [1.165, 1.54) is 5.69 Å². The van der Waals surface area contributed by atoms with E-state index in [0.717, 1.165) is 44.0 Å². The lowest BCUT2D eigenvalue weighted by atomic mass is 10.1. The number of hydrogen-bond donors (Lipinski definition) is 1. The summed E-state index contributed by atoms with van der Waals surface area (Å²) in [4.78, 5) is 19.1. The van der Waals surface area contributed by atoms with E-state index in [-0.39, 0.29) is 30.0 Å². The normalized spacial score (nSPS) is 22.6. The topological polar surface area (TPSA) is 73.0 Å². The quantitative estimate of drug-likeness (QED) is 0.762. The van der Waals surface area contributed by atoms with Gasteiger partial charge in [0.1, 0.15) is 0 Å². The average Bonchev–Trinajstić information content (AvgIpc) is 3.03. The van der Waals surface area contributed by atoms with Gasteiger partial charge in [-0.15, -0.1) is 0 Å². The first-order valence-corrected chi connectivity index (χ1v) is 11.9. The van der Waals surface area contributed by atoms with Crippen molar-refractivity contribution >= 4 is 27.1 Å². The number of sulfone groups is 1. The molecule has 2 aliphatic rings. The number of benzene rings is 1. The molecule has 0 saturated carbocycles. The minimum atomic E-state index is -2.94. The molecule has 2 saturated heterocycles. The summed E-state index contributed by atoms with van der Waals surface area (Å²) in [5, 5.41) is 2.97. The van der Waals surface area contributed by atoms with Gasteiger partial charge in [-0.3, -0.25) is 9.69 Å². The number of rotatable bonds is 6. The summed E-state index contributed by atoms with van der Waals surface area (Å²) in [5.41, 5.74) is 3.04. The second kappa shape index (κ2) is 8.80. The highest BCUT2D eigenvalue weighted by molar-refractivity contribution is 7.91. The van der Waals surface area contributed by atoms with Crippen molar-refractivity contribution < 1.29 is 13.2 Å². The van der Waals surface area contributed by atoms with Crippen LogP contribution in [0.4, 0.5) is 11.4 Å². The van der Waals surface area contributed by atoms with Crippen LogP contribution in [-0.2, 0) is 14.6 Å². The summed E-state index contributed by atoms with van der Waals surface area (Å²) in [5.74, 6) is 0.256. The van der Waals surface area contributed by atoms with Gasteiger partial charge in [-0.05, 0) is 50.7 Å². The molecule has 2 heterocycles. The Balaban J connectivity index is 1.55. The van der Waals surface area contributed by atoms with Crippen LogP contribution < -0.4 is 10.2 Å². The molecule has 0 aliphatic carbocycles. The molecule has 3 rings (SSSR count). The number of carbonyl (C=O) groups excluding carboxylic acids is 1. The first-order chi connectivity index (χ1) is 13.3. The van der Waals surface area contributed by atoms with Gasteiger partial charge in [0.25, 0.3) is 0 Å². The maximum atomic E-state index is 12.4. The fourth-order valence-electron chi connectivity index (χ4n) is 3.98. The zero-order valence-electron chi connectivity index (χ0n) is 17.1. The van der Waals surface area contributed by atoms with Gasteiger partial charge in [-0.25, -0.2) is 8.42 Å². The molecule has 1 aromatic rings. The van der Waals surface area contributed by atoms with Gasteiger partial charge in [0.15, 0.2) is 9.84 Å². The Morgan fingerprint density at radius 2 is 1.96 bits per heavy atom. The van der Waals surface area contributed by atoms with Crippen molar-refractivity contribution in [2.24, 2.45) is 0 Å². The molecule has 0 spiro atoms. The van der Waals surface area contributed by atoms with E-state index in [2.05, 4.69) is 34.2 Å². The lowest BCUT2D eigenvalue weighted by Gasteiger charge is -2.35. The largest absolute Gasteiger partial charge is 0.369 e. The minimum absolute atomic E-state index is 0.0685. The minimum Gasteiger partial charge on any atom is -0.369 e. The number of amides is 1. The molecule has 8 heteroatoms. The number of nitrogens with one attached hydrogen (secondary N) is 1. The van der Waals surface area contributed by atoms with Crippen molar-refractivity contribution in [2.45, 2.75) is 26.3 Å². The van der Waals surface area contributed by atoms with Gasteiger partial charge in [0.2, 0.25) is 5.91 Å². The smallest absolute Gasteiger partial charge is 0.238 e. The summed E-state index contributed by atoms with van der Waals surface area (Å²) in [6, 6.07) is 6.09. The molecular formula is C20H32N4O3S. The van der Waals surface area contributed by atoms with Gasteiger partial charge in [-0.2, -0.15) is 0 Å². The fraction of sp³-hybridized carbons (Fsp3) is 0.650. The van der Waals surface area contributed by atoms with Crippen molar-refractivity contribution in [3.05, 3.63) is 23.8 Å². The Hall–Kier alpha value is -1.64. The molecular weight excluding hydrogens is 376 g/mol. The van der Waals surface area contributed by atoms with E-state index >= 15 is 0 Å². The molecule has 7 nitrogen and oxygen atoms in total. The lowest BCUT2D eigenvalue weighted by Crippen LogP contribution is -2.46. The highest BCUT2D eigenvalue weighted by Crippen LogP contribution is 2.24. The van der Waals surface area contributed by atoms with Gasteiger partial charge in [0.05, 0.1) is 18.1 Å². The average molecular weight is 409 g/mol. The van der Waals surface area contributed by atoms with Crippen LogP contribution in [0, 0.1) is 6.92 Å². The number of likely N-dealkylation sites (N-methyl/N-ethyl adjacent to an activating group) is 2. The van der Waals surface area contributed by atoms with E-state index in [1.807, 2.05) is 24.9 Å². The Kier molecular flexibility index (Phi) is 6.62. The van der Waals surface area contributed by atoms with Crippen LogP contribution in [0.1, 0.15) is 18.9 Å². The van der Waals surface area contributed by atoms with Crippen LogP contribution in [-0.4, -0.2) is 88.0 Å². The van der Waals surface area contributed by atoms with Crippen LogP contribution in [0.5, 0.6) is 0 Å². The molecule has 28 heavy (non-hydrogen) atoms. The van der Waals surface area contributed by atoms with E-state index in [9.17, 15) is 13.2 Å². The Labute approximate surface area is 168 Å². The van der Waals surface area contributed by atoms with Crippen molar-refractivity contribution in [1.82, 2.24) is 9.80 Å². The monoisotopic (exact) mass is 408 g/mol. The predicted octanol–water partition coefficient (Wildman–Crippen LogP) is 1.19. The molecule has 0 aromatic heterocycles. The van der Waals surface area contributed by atoms with E-state index in [0.29, 0.717) is 6.42 Å². The van der Waals surface area contributed by atoms with Crippen LogP contribution >= 0.6 is 0 Å². The summed E-state index contributed by atoms with van der Waals surface area (Å²) in [6.45, 7) is 9.70. The number of aryl methyl sites for hydroxylation is 1. The number of hydrogen-bond acceptors (Lipinski definition) is 6. The number of nitrogens with zero attached hydrogens (tertiary/aromatic N) is 3. The first kappa shape index (κ1) is 21.1. The Morgan fingerprint density at radius 1 is 1.25 bits per heavy atom. The molecule has 1 atom stereocenters. The standard InChI is InChI=1S/C20H32N4O3S/c1-4-23-8-10-24(11-9-23)17-5-6-19(16(2)13-17)21-20(25)14-22(3)18-7-12-28(26,27)15-18/h5-6,13,18H,4,7-12,14-15H2,1-3H3,(H,21,25). The van der Waals surface area contributed by atoms with Gasteiger partial charge >= 0.3 is 0 Å². The summed E-state index contributed by atoms with van der Waals surface area (Å²) in [6.07, 6.45) is 0.602. The maximum absolute atomic E-state index is 12.4. The fourth-order valence-corrected chi connectivity index (χ4v) is 5.78. The highest BCUT2D eigenvalue weighted by atomic mass is 32.2. The van der Waals surface area contributed by atoms with E-state index in [1.54, 1.807) is 0 Å². The van der Waals surface area contributed by atoms with Crippen molar-refractivity contribution in [1.29, 1.82) is 0 Å². The molecule has 1 aromatic carbocycles. The first-order valence-electron chi connectivity index (χ1n) is 10.1. The molecule has 0 radical (unpaired) electrons. The third-order valence-electron chi connectivity index (χ3n) is 5.89. The second-order valence-electron chi connectivity index (χ2n) is 7.94. The van der Waals surface area contributed by atoms with Crippen LogP contribution in [0.25, 0.3) is 0 Å². The van der Waals surface area contributed by atoms with E-state index in [4.69, 9.17) is 0 Å². The zero-order chi connectivity index (χ0) is 20.3. The zero-order valence-corrected chi connectivity index (χ0v) is 18.0. The molecule has 1 amide bonds. The van der Waals surface area contributed by atoms with Crippen LogP contribution in [0.2, 0.25) is 0 Å². The second-order valence-corrected chi connectivity index (χ2v) is 10.2. The van der Waals surface area contributed by atoms with E-state index < -0.39 is 9.84 Å².